The van der Waals surface area contributed by atoms with Gasteiger partial charge in [0.05, 0.1) is 49.2 Å². The molecule has 0 bridgehead atoms. The Balaban J connectivity index is 1.77. The van der Waals surface area contributed by atoms with E-state index in [1.807, 2.05) is 42.5 Å². The first-order valence-corrected chi connectivity index (χ1v) is 10.6. The minimum atomic E-state index is -0.651. The molecular formula is C27H22N2O6. The molecule has 1 heterocycles. The zero-order chi connectivity index (χ0) is 24.9. The van der Waals surface area contributed by atoms with E-state index in [1.54, 1.807) is 19.2 Å². The molecule has 4 rings (SSSR count). The molecule has 3 aromatic carbocycles. The molecule has 1 N–H and O–H groups in total. The lowest BCUT2D eigenvalue weighted by atomic mass is 10.0. The predicted octanol–water partition coefficient (Wildman–Crippen LogP) is 4.74. The lowest BCUT2D eigenvalue weighted by Crippen LogP contribution is -2.15. The van der Waals surface area contributed by atoms with Crippen molar-refractivity contribution in [2.45, 2.75) is 0 Å². The summed E-state index contributed by atoms with van der Waals surface area (Å²) in [5, 5.41) is 3.44. The van der Waals surface area contributed by atoms with Crippen molar-refractivity contribution in [1.29, 1.82) is 0 Å². The molecule has 8 nitrogen and oxygen atoms in total. The van der Waals surface area contributed by atoms with Crippen molar-refractivity contribution in [2.24, 2.45) is 0 Å². The molecule has 0 saturated carbocycles. The number of rotatable bonds is 6. The van der Waals surface area contributed by atoms with Crippen molar-refractivity contribution in [3.63, 3.8) is 0 Å². The smallest absolute Gasteiger partial charge is 0.337 e. The first-order chi connectivity index (χ1) is 16.9. The van der Waals surface area contributed by atoms with E-state index in [2.05, 4.69) is 5.32 Å². The van der Waals surface area contributed by atoms with Crippen LogP contribution in [0.5, 0.6) is 5.75 Å². The SMILES string of the molecule is COC(=O)c1cc(NC(=O)c2cc(-c3ccc(OC)cc3)nc3ccccc23)cc(C(=O)OC)c1. The molecule has 0 aliphatic heterocycles. The number of ether oxygens (including phenoxy) is 3. The molecule has 8 heteroatoms. The van der Waals surface area contributed by atoms with Crippen molar-refractivity contribution in [2.75, 3.05) is 26.6 Å². The minimum Gasteiger partial charge on any atom is -0.497 e. The topological polar surface area (TPSA) is 104 Å². The number of amides is 1. The summed E-state index contributed by atoms with van der Waals surface area (Å²) in [4.78, 5) is 42.3. The van der Waals surface area contributed by atoms with Gasteiger partial charge in [0, 0.05) is 16.6 Å². The number of hydrogen-bond acceptors (Lipinski definition) is 7. The number of carbonyl (C=O) groups excluding carboxylic acids is 3. The Labute approximate surface area is 201 Å². The van der Waals surface area contributed by atoms with Crippen LogP contribution in [0.1, 0.15) is 31.1 Å². The summed E-state index contributed by atoms with van der Waals surface area (Å²) in [6.07, 6.45) is 0. The van der Waals surface area contributed by atoms with E-state index in [1.165, 1.54) is 32.4 Å². The van der Waals surface area contributed by atoms with Crippen LogP contribution < -0.4 is 10.1 Å². The fourth-order valence-corrected chi connectivity index (χ4v) is 3.64. The minimum absolute atomic E-state index is 0.101. The van der Waals surface area contributed by atoms with E-state index in [4.69, 9.17) is 19.2 Å². The maximum absolute atomic E-state index is 13.4. The van der Waals surface area contributed by atoms with Gasteiger partial charge in [-0.1, -0.05) is 18.2 Å². The quantitative estimate of drug-likeness (QED) is 0.406. The first-order valence-electron chi connectivity index (χ1n) is 10.6. The number of esters is 2. The van der Waals surface area contributed by atoms with E-state index in [9.17, 15) is 14.4 Å². The Kier molecular flexibility index (Phi) is 6.73. The molecule has 4 aromatic rings. The van der Waals surface area contributed by atoms with Crippen LogP contribution in [0.4, 0.5) is 5.69 Å². The average molecular weight is 470 g/mol. The van der Waals surface area contributed by atoms with Gasteiger partial charge in [0.15, 0.2) is 0 Å². The lowest BCUT2D eigenvalue weighted by Gasteiger charge is -2.12. The molecule has 176 valence electrons. The van der Waals surface area contributed by atoms with Gasteiger partial charge >= 0.3 is 11.9 Å². The second kappa shape index (κ2) is 10.0. The van der Waals surface area contributed by atoms with Crippen LogP contribution in [-0.2, 0) is 9.47 Å². The van der Waals surface area contributed by atoms with E-state index in [-0.39, 0.29) is 16.8 Å². The Bertz CT molecular complexity index is 1400. The number of methoxy groups -OCH3 is 3. The number of fused-ring (bicyclic) bond motifs is 1. The lowest BCUT2D eigenvalue weighted by molar-refractivity contribution is 0.0599. The van der Waals surface area contributed by atoms with Crippen molar-refractivity contribution in [3.8, 4) is 17.0 Å². The highest BCUT2D eigenvalue weighted by Gasteiger charge is 2.18. The zero-order valence-corrected chi connectivity index (χ0v) is 19.3. The van der Waals surface area contributed by atoms with Crippen molar-refractivity contribution in [1.82, 2.24) is 4.98 Å². The molecule has 1 amide bonds. The number of benzene rings is 3. The Morgan fingerprint density at radius 2 is 1.40 bits per heavy atom. The molecule has 0 atom stereocenters. The summed E-state index contributed by atoms with van der Waals surface area (Å²) in [5.41, 5.74) is 2.88. The van der Waals surface area contributed by atoms with Crippen molar-refractivity contribution in [3.05, 3.63) is 89.5 Å². The van der Waals surface area contributed by atoms with Crippen LogP contribution in [0.2, 0.25) is 0 Å². The summed E-state index contributed by atoms with van der Waals surface area (Å²) < 4.78 is 14.8. The Morgan fingerprint density at radius 3 is 2.00 bits per heavy atom. The van der Waals surface area contributed by atoms with Crippen LogP contribution in [0.15, 0.2) is 72.8 Å². The highest BCUT2D eigenvalue weighted by molar-refractivity contribution is 6.13. The van der Waals surface area contributed by atoms with Gasteiger partial charge in [-0.05, 0) is 54.6 Å². The van der Waals surface area contributed by atoms with E-state index in [0.717, 1.165) is 5.56 Å². The molecule has 0 saturated heterocycles. The third kappa shape index (κ3) is 4.96. The fraction of sp³-hybridized carbons (Fsp3) is 0.111. The van der Waals surface area contributed by atoms with Gasteiger partial charge in [-0.15, -0.1) is 0 Å². The number of hydrogen-bond donors (Lipinski definition) is 1. The Morgan fingerprint density at radius 1 is 0.771 bits per heavy atom. The largest absolute Gasteiger partial charge is 0.497 e. The number of aromatic nitrogens is 1. The maximum atomic E-state index is 13.4. The van der Waals surface area contributed by atoms with Gasteiger partial charge < -0.3 is 19.5 Å². The molecule has 0 aliphatic rings. The summed E-state index contributed by atoms with van der Waals surface area (Å²) in [7, 11) is 4.05. The monoisotopic (exact) mass is 470 g/mol. The molecule has 0 fully saturated rings. The number of pyridine rings is 1. The molecule has 0 radical (unpaired) electrons. The number of para-hydroxylation sites is 1. The highest BCUT2D eigenvalue weighted by atomic mass is 16.5. The molecule has 35 heavy (non-hydrogen) atoms. The van der Waals surface area contributed by atoms with Crippen molar-refractivity contribution >= 4 is 34.4 Å². The molecule has 0 aliphatic carbocycles. The third-order valence-corrected chi connectivity index (χ3v) is 5.38. The van der Waals surface area contributed by atoms with Crippen LogP contribution in [0, 0.1) is 0 Å². The summed E-state index contributed by atoms with van der Waals surface area (Å²) in [6, 6.07) is 20.6. The third-order valence-electron chi connectivity index (χ3n) is 5.38. The normalized spacial score (nSPS) is 10.5. The van der Waals surface area contributed by atoms with Crippen LogP contribution >= 0.6 is 0 Å². The number of carbonyl (C=O) groups is 3. The summed E-state index contributed by atoms with van der Waals surface area (Å²) in [6.45, 7) is 0. The van der Waals surface area contributed by atoms with E-state index in [0.29, 0.717) is 27.9 Å². The van der Waals surface area contributed by atoms with Crippen LogP contribution in [0.25, 0.3) is 22.2 Å². The van der Waals surface area contributed by atoms with E-state index < -0.39 is 17.8 Å². The molecular weight excluding hydrogens is 448 g/mol. The summed E-state index contributed by atoms with van der Waals surface area (Å²) >= 11 is 0. The van der Waals surface area contributed by atoms with Gasteiger partial charge in [-0.2, -0.15) is 0 Å². The first kappa shape index (κ1) is 23.4. The maximum Gasteiger partial charge on any atom is 0.337 e. The standard InChI is InChI=1S/C27H22N2O6/c1-33-20-10-8-16(9-11-20)24-15-22(21-6-4-5-7-23(21)29-24)25(30)28-19-13-17(26(31)34-2)12-18(14-19)27(32)35-3/h4-15H,1-3H3,(H,28,30). The van der Waals surface area contributed by atoms with Crippen molar-refractivity contribution < 1.29 is 28.6 Å². The Hall–Kier alpha value is -4.72. The van der Waals surface area contributed by atoms with Gasteiger partial charge in [0.1, 0.15) is 5.75 Å². The number of nitrogens with zero attached hydrogens (tertiary/aromatic N) is 1. The summed E-state index contributed by atoms with van der Waals surface area (Å²) in [5.74, 6) is -1.03. The molecule has 1 aromatic heterocycles. The van der Waals surface area contributed by atoms with Gasteiger partial charge in [-0.25, -0.2) is 14.6 Å². The second-order valence-corrected chi connectivity index (χ2v) is 7.54. The van der Waals surface area contributed by atoms with Gasteiger partial charge in [0.2, 0.25) is 0 Å². The average Bonchev–Trinajstić information content (AvgIpc) is 2.91. The zero-order valence-electron chi connectivity index (χ0n) is 19.3. The fourth-order valence-electron chi connectivity index (χ4n) is 3.64. The predicted molar refractivity (Wildman–Crippen MR) is 131 cm³/mol. The second-order valence-electron chi connectivity index (χ2n) is 7.54. The van der Waals surface area contributed by atoms with Crippen LogP contribution in [-0.4, -0.2) is 44.2 Å². The number of anilines is 1. The van der Waals surface area contributed by atoms with E-state index >= 15 is 0 Å². The highest BCUT2D eigenvalue weighted by Crippen LogP contribution is 2.27. The van der Waals surface area contributed by atoms with Crippen LogP contribution in [0.3, 0.4) is 0 Å². The van der Waals surface area contributed by atoms with Gasteiger partial charge in [0.25, 0.3) is 5.91 Å². The number of nitrogens with one attached hydrogen (secondary N) is 1. The molecule has 0 spiro atoms. The molecule has 0 unspecified atom stereocenters. The van der Waals surface area contributed by atoms with Gasteiger partial charge in [-0.3, -0.25) is 4.79 Å².